The van der Waals surface area contributed by atoms with Gasteiger partial charge in [-0.05, 0) is 96.3 Å². The SMILES string of the molecule is Cc1c(-c2c(C)c3c(c(C)c2CC(=O)O)CN(C(=O)c2cccc4c2OCCO4)C3)cc(F)c2c1CCCO2. The lowest BCUT2D eigenvalue weighted by atomic mass is 9.81. The minimum absolute atomic E-state index is 0.179. The number of hydrogen-bond donors (Lipinski definition) is 1. The molecule has 202 valence electrons. The molecule has 0 saturated carbocycles. The molecule has 0 unspecified atom stereocenters. The molecule has 3 aromatic rings. The molecular weight excluding hydrogens is 501 g/mol. The number of para-hydroxylation sites is 1. The Morgan fingerprint density at radius 1 is 0.923 bits per heavy atom. The molecule has 3 aliphatic heterocycles. The average Bonchev–Trinajstić information content (AvgIpc) is 3.39. The monoisotopic (exact) mass is 531 g/mol. The van der Waals surface area contributed by atoms with E-state index in [-0.39, 0.29) is 12.3 Å². The molecule has 0 bridgehead atoms. The minimum atomic E-state index is -0.961. The summed E-state index contributed by atoms with van der Waals surface area (Å²) < 4.78 is 32.4. The van der Waals surface area contributed by atoms with Crippen LogP contribution in [0.4, 0.5) is 4.39 Å². The molecule has 8 heteroatoms. The summed E-state index contributed by atoms with van der Waals surface area (Å²) in [5, 5.41) is 9.84. The Labute approximate surface area is 226 Å². The van der Waals surface area contributed by atoms with Gasteiger partial charge in [0.2, 0.25) is 0 Å². The number of ether oxygens (including phenoxy) is 3. The second-order valence-electron chi connectivity index (χ2n) is 10.4. The van der Waals surface area contributed by atoms with E-state index in [1.165, 1.54) is 6.07 Å². The molecule has 3 heterocycles. The van der Waals surface area contributed by atoms with Crippen LogP contribution in [-0.4, -0.2) is 41.7 Å². The van der Waals surface area contributed by atoms with E-state index < -0.39 is 11.8 Å². The molecule has 0 atom stereocenters. The van der Waals surface area contributed by atoms with Crippen LogP contribution in [0.5, 0.6) is 17.2 Å². The number of carbonyl (C=O) groups excluding carboxylic acids is 1. The molecule has 0 fully saturated rings. The Morgan fingerprint density at radius 2 is 1.64 bits per heavy atom. The lowest BCUT2D eigenvalue weighted by molar-refractivity contribution is -0.136. The van der Waals surface area contributed by atoms with Crippen molar-refractivity contribution in [2.24, 2.45) is 0 Å². The molecule has 39 heavy (non-hydrogen) atoms. The number of hydrogen-bond acceptors (Lipinski definition) is 5. The molecule has 7 nitrogen and oxygen atoms in total. The Morgan fingerprint density at radius 3 is 2.41 bits per heavy atom. The summed E-state index contributed by atoms with van der Waals surface area (Å²) in [6, 6.07) is 6.78. The lowest BCUT2D eigenvalue weighted by Crippen LogP contribution is -2.27. The van der Waals surface area contributed by atoms with Crippen LogP contribution in [-0.2, 0) is 30.7 Å². The van der Waals surface area contributed by atoms with Gasteiger partial charge in [-0.25, -0.2) is 4.39 Å². The number of carboxylic acid groups (broad SMARTS) is 1. The highest BCUT2D eigenvalue weighted by Gasteiger charge is 2.34. The number of benzene rings is 3. The van der Waals surface area contributed by atoms with Gasteiger partial charge in [0.05, 0.1) is 18.6 Å². The first-order chi connectivity index (χ1) is 18.8. The highest BCUT2D eigenvalue weighted by atomic mass is 19.1. The number of rotatable bonds is 4. The van der Waals surface area contributed by atoms with Crippen LogP contribution in [0.1, 0.15) is 55.7 Å². The standard InChI is InChI=1S/C31H30FNO6/c1-16-19-7-5-9-38-29(19)25(32)12-21(16)28-18(3)24-15-33(14-23(24)17(2)22(28)13-27(34)35)31(36)20-6-4-8-26-30(20)39-11-10-37-26/h4,6,8,12H,5,7,9-11,13-15H2,1-3H3,(H,34,35). The van der Waals surface area contributed by atoms with Gasteiger partial charge in [0.25, 0.3) is 5.91 Å². The summed E-state index contributed by atoms with van der Waals surface area (Å²) in [5.74, 6) is -0.271. The zero-order valence-electron chi connectivity index (χ0n) is 22.3. The summed E-state index contributed by atoms with van der Waals surface area (Å²) >= 11 is 0. The van der Waals surface area contributed by atoms with Crippen molar-refractivity contribution < 1.29 is 33.3 Å². The average molecular weight is 532 g/mol. The van der Waals surface area contributed by atoms with Crippen molar-refractivity contribution in [2.75, 3.05) is 19.8 Å². The molecule has 3 aliphatic rings. The maximum absolute atomic E-state index is 15.3. The maximum Gasteiger partial charge on any atom is 0.307 e. The van der Waals surface area contributed by atoms with Crippen molar-refractivity contribution in [3.63, 3.8) is 0 Å². The van der Waals surface area contributed by atoms with E-state index in [1.54, 1.807) is 23.1 Å². The van der Waals surface area contributed by atoms with Crippen LogP contribution >= 0.6 is 0 Å². The molecule has 6 rings (SSSR count). The zero-order valence-corrected chi connectivity index (χ0v) is 22.3. The molecule has 1 amide bonds. The molecule has 0 spiro atoms. The zero-order chi connectivity index (χ0) is 27.4. The number of halogens is 1. The summed E-state index contributed by atoms with van der Waals surface area (Å²) in [4.78, 5) is 27.5. The smallest absolute Gasteiger partial charge is 0.307 e. The van der Waals surface area contributed by atoms with Gasteiger partial charge in [0, 0.05) is 18.7 Å². The summed E-state index contributed by atoms with van der Waals surface area (Å²) in [5.41, 5.74) is 7.87. The fraction of sp³-hybridized carbons (Fsp3) is 0.355. The van der Waals surface area contributed by atoms with Gasteiger partial charge in [-0.1, -0.05) is 6.07 Å². The molecular formula is C31H30FNO6. The number of nitrogens with zero attached hydrogens (tertiary/aromatic N) is 1. The minimum Gasteiger partial charge on any atom is -0.490 e. The third kappa shape index (κ3) is 4.09. The molecule has 0 aromatic heterocycles. The molecule has 3 aromatic carbocycles. The van der Waals surface area contributed by atoms with Crippen LogP contribution in [0.15, 0.2) is 24.3 Å². The molecule has 0 aliphatic carbocycles. The van der Waals surface area contributed by atoms with Gasteiger partial charge in [0.15, 0.2) is 23.1 Å². The van der Waals surface area contributed by atoms with Gasteiger partial charge >= 0.3 is 5.97 Å². The topological polar surface area (TPSA) is 85.3 Å². The van der Waals surface area contributed by atoms with Crippen LogP contribution in [0, 0.1) is 26.6 Å². The van der Waals surface area contributed by atoms with Crippen LogP contribution in [0.3, 0.4) is 0 Å². The highest BCUT2D eigenvalue weighted by Crippen LogP contribution is 2.44. The van der Waals surface area contributed by atoms with Crippen molar-refractivity contribution in [1.82, 2.24) is 4.90 Å². The lowest BCUT2D eigenvalue weighted by Gasteiger charge is -2.25. The summed E-state index contributed by atoms with van der Waals surface area (Å²) in [7, 11) is 0. The van der Waals surface area contributed by atoms with E-state index in [9.17, 15) is 14.7 Å². The van der Waals surface area contributed by atoms with E-state index in [0.29, 0.717) is 73.3 Å². The Bertz CT molecular complexity index is 1550. The van der Waals surface area contributed by atoms with Crippen LogP contribution < -0.4 is 14.2 Å². The van der Waals surface area contributed by atoms with Gasteiger partial charge < -0.3 is 24.2 Å². The summed E-state index contributed by atoms with van der Waals surface area (Å²) in [6.45, 7) is 7.80. The molecule has 1 N–H and O–H groups in total. The predicted molar refractivity (Wildman–Crippen MR) is 142 cm³/mol. The van der Waals surface area contributed by atoms with Crippen molar-refractivity contribution in [1.29, 1.82) is 0 Å². The predicted octanol–water partition coefficient (Wildman–Crippen LogP) is 5.30. The van der Waals surface area contributed by atoms with Crippen molar-refractivity contribution in [3.05, 3.63) is 74.6 Å². The van der Waals surface area contributed by atoms with E-state index in [2.05, 4.69) is 0 Å². The first-order valence-electron chi connectivity index (χ1n) is 13.2. The fourth-order valence-electron chi connectivity index (χ4n) is 6.28. The third-order valence-corrected chi connectivity index (χ3v) is 8.21. The van der Waals surface area contributed by atoms with E-state index in [0.717, 1.165) is 45.4 Å². The van der Waals surface area contributed by atoms with Crippen molar-refractivity contribution >= 4 is 11.9 Å². The first-order valence-corrected chi connectivity index (χ1v) is 13.2. The van der Waals surface area contributed by atoms with Crippen LogP contribution in [0.25, 0.3) is 11.1 Å². The second-order valence-corrected chi connectivity index (χ2v) is 10.4. The van der Waals surface area contributed by atoms with Gasteiger partial charge in [-0.3, -0.25) is 9.59 Å². The number of carbonyl (C=O) groups is 2. The van der Waals surface area contributed by atoms with Gasteiger partial charge in [0.1, 0.15) is 13.2 Å². The van der Waals surface area contributed by atoms with E-state index in [4.69, 9.17) is 14.2 Å². The third-order valence-electron chi connectivity index (χ3n) is 8.21. The molecule has 0 saturated heterocycles. The second kappa shape index (κ2) is 9.59. The first kappa shape index (κ1) is 25.2. The van der Waals surface area contributed by atoms with Crippen molar-refractivity contribution in [2.45, 2.75) is 53.1 Å². The Kier molecular flexibility index (Phi) is 6.20. The fourth-order valence-corrected chi connectivity index (χ4v) is 6.28. The molecule has 0 radical (unpaired) electrons. The Balaban J connectivity index is 1.47. The highest BCUT2D eigenvalue weighted by molar-refractivity contribution is 5.98. The van der Waals surface area contributed by atoms with Crippen LogP contribution in [0.2, 0.25) is 0 Å². The number of aliphatic carboxylic acids is 1. The normalized spacial score (nSPS) is 15.4. The number of amides is 1. The number of carboxylic acids is 1. The summed E-state index contributed by atoms with van der Waals surface area (Å²) in [6.07, 6.45) is 1.31. The van der Waals surface area contributed by atoms with Gasteiger partial charge in [-0.15, -0.1) is 0 Å². The van der Waals surface area contributed by atoms with Gasteiger partial charge in [-0.2, -0.15) is 0 Å². The Hall–Kier alpha value is -4.07. The number of fused-ring (bicyclic) bond motifs is 3. The van der Waals surface area contributed by atoms with E-state index >= 15 is 4.39 Å². The quantitative estimate of drug-likeness (QED) is 0.492. The maximum atomic E-state index is 15.3. The van der Waals surface area contributed by atoms with E-state index in [1.807, 2.05) is 20.8 Å². The largest absolute Gasteiger partial charge is 0.490 e. The van der Waals surface area contributed by atoms with Crippen molar-refractivity contribution in [3.8, 4) is 28.4 Å².